The van der Waals surface area contributed by atoms with Gasteiger partial charge >= 0.3 is 0 Å². The quantitative estimate of drug-likeness (QED) is 0.139. The first-order chi connectivity index (χ1) is 38.7. The van der Waals surface area contributed by atoms with Crippen molar-refractivity contribution in [1.82, 2.24) is 0 Å². The Morgan fingerprint density at radius 2 is 0.615 bits per heavy atom. The SMILES string of the molecule is C1=C2C(=CC(N(c3ccc(C4(c5ccccc5)c5ccccc5-c5ccccc54)cc3)c3ccc4c(c3)C(c3ccccc3)(c3ccccc3)c3ccccc3-4)C1)C(c1ccccc1)(c1ccccc1)c1ccccc12.CC. The van der Waals surface area contributed by atoms with Crippen molar-refractivity contribution >= 4 is 16.9 Å². The number of hydrogen-bond acceptors (Lipinski definition) is 1. The van der Waals surface area contributed by atoms with Gasteiger partial charge in [0.15, 0.2) is 0 Å². The number of anilines is 2. The summed E-state index contributed by atoms with van der Waals surface area (Å²) in [5.41, 5.74) is 24.0. The lowest BCUT2D eigenvalue weighted by Crippen LogP contribution is -2.35. The standard InChI is InChI=1S/C75H53N.C2H6/c1-6-24-52(25-7-1)73(67-38-20-16-34-61(67)62-35-17-21-39-68(62)73)57-42-44-58(45-43-57)76(59-46-48-65-63-36-18-22-40-69(63)74(71(65)50-59,53-26-8-2-9-27-53)54-28-10-3-11-29-54)60-47-49-66-64-37-19-23-41-70(64)75(72(66)51-60,55-30-12-4-13-31-55)56-32-14-5-15-33-56;1-2/h1-46,48-51,60H,47H2;1-2H3. The summed E-state index contributed by atoms with van der Waals surface area (Å²) in [4.78, 5) is 2.66. The van der Waals surface area contributed by atoms with Crippen molar-refractivity contribution in [3.8, 4) is 22.3 Å². The van der Waals surface area contributed by atoms with Crippen LogP contribution >= 0.6 is 0 Å². The predicted octanol–water partition coefficient (Wildman–Crippen LogP) is 18.7. The van der Waals surface area contributed by atoms with Gasteiger partial charge in [-0.1, -0.05) is 293 Å². The zero-order chi connectivity index (χ0) is 52.3. The maximum atomic E-state index is 2.66. The highest BCUT2D eigenvalue weighted by molar-refractivity contribution is 5.96. The highest BCUT2D eigenvalue weighted by Gasteiger charge is 2.51. The molecule has 0 aliphatic heterocycles. The van der Waals surface area contributed by atoms with Crippen LogP contribution < -0.4 is 4.90 Å². The van der Waals surface area contributed by atoms with Crippen LogP contribution in [0, 0.1) is 0 Å². The third-order valence-electron chi connectivity index (χ3n) is 17.4. The maximum Gasteiger partial charge on any atom is 0.0714 e. The Balaban J connectivity index is 0.00000273. The topological polar surface area (TPSA) is 3.24 Å². The molecular weight excluding hydrogens is 939 g/mol. The number of hydrogen-bond donors (Lipinski definition) is 0. The molecule has 0 amide bonds. The third-order valence-corrected chi connectivity index (χ3v) is 17.4. The minimum absolute atomic E-state index is 0.0496. The van der Waals surface area contributed by atoms with Gasteiger partial charge in [0.2, 0.25) is 0 Å². The highest BCUT2D eigenvalue weighted by Crippen LogP contribution is 2.61. The van der Waals surface area contributed by atoms with E-state index in [4.69, 9.17) is 0 Å². The fourth-order valence-electron chi connectivity index (χ4n) is 14.5. The normalized spacial score (nSPS) is 16.1. The first-order valence-electron chi connectivity index (χ1n) is 27.9. The van der Waals surface area contributed by atoms with Gasteiger partial charge in [0.05, 0.1) is 22.3 Å². The summed E-state index contributed by atoms with van der Waals surface area (Å²) >= 11 is 0. The molecule has 372 valence electrons. The van der Waals surface area contributed by atoms with Crippen LogP contribution in [0.15, 0.2) is 309 Å². The number of fused-ring (bicyclic) bond motifs is 9. The highest BCUT2D eigenvalue weighted by atomic mass is 15.2. The van der Waals surface area contributed by atoms with Gasteiger partial charge in [0.1, 0.15) is 0 Å². The van der Waals surface area contributed by atoms with Gasteiger partial charge in [-0.05, 0) is 131 Å². The summed E-state index contributed by atoms with van der Waals surface area (Å²) in [6.07, 6.45) is 6.01. The average Bonchev–Trinajstić information content (AvgIpc) is 4.32. The van der Waals surface area contributed by atoms with Crippen LogP contribution in [0.4, 0.5) is 11.4 Å². The van der Waals surface area contributed by atoms with E-state index in [1.807, 2.05) is 13.8 Å². The molecule has 1 heteroatoms. The zero-order valence-electron chi connectivity index (χ0n) is 44.1. The first-order valence-corrected chi connectivity index (χ1v) is 27.9. The Morgan fingerprint density at radius 1 is 0.295 bits per heavy atom. The fraction of sp³-hybridized carbons (Fsp3) is 0.0909. The van der Waals surface area contributed by atoms with Crippen LogP contribution in [0.3, 0.4) is 0 Å². The second-order valence-electron chi connectivity index (χ2n) is 20.9. The van der Waals surface area contributed by atoms with Gasteiger partial charge in [0, 0.05) is 11.4 Å². The van der Waals surface area contributed by atoms with E-state index >= 15 is 0 Å². The monoisotopic (exact) mass is 997 g/mol. The Labute approximate surface area is 459 Å². The van der Waals surface area contributed by atoms with Gasteiger partial charge in [-0.3, -0.25) is 0 Å². The van der Waals surface area contributed by atoms with Crippen molar-refractivity contribution < 1.29 is 0 Å². The zero-order valence-corrected chi connectivity index (χ0v) is 44.1. The number of nitrogens with zero attached hydrogens (tertiary/aromatic N) is 1. The van der Waals surface area contributed by atoms with E-state index in [2.05, 4.69) is 308 Å². The number of rotatable bonds is 9. The second-order valence-corrected chi connectivity index (χ2v) is 20.9. The molecule has 4 aliphatic carbocycles. The summed E-state index contributed by atoms with van der Waals surface area (Å²) in [5.74, 6) is 0. The second kappa shape index (κ2) is 19.1. The minimum Gasteiger partial charge on any atom is -0.334 e. The van der Waals surface area contributed by atoms with Crippen molar-refractivity contribution in [1.29, 1.82) is 0 Å². The molecule has 0 heterocycles. The summed E-state index contributed by atoms with van der Waals surface area (Å²) in [6, 6.07) is 109. The predicted molar refractivity (Wildman–Crippen MR) is 325 cm³/mol. The lowest BCUT2D eigenvalue weighted by Gasteiger charge is -2.40. The van der Waals surface area contributed by atoms with Crippen molar-refractivity contribution in [3.05, 3.63) is 376 Å². The number of benzene rings is 11. The summed E-state index contributed by atoms with van der Waals surface area (Å²) in [6.45, 7) is 4.00. The fourth-order valence-corrected chi connectivity index (χ4v) is 14.5. The third kappa shape index (κ3) is 6.74. The Morgan fingerprint density at radius 3 is 1.05 bits per heavy atom. The van der Waals surface area contributed by atoms with Gasteiger partial charge in [0.25, 0.3) is 0 Å². The minimum atomic E-state index is -0.549. The average molecular weight is 998 g/mol. The first kappa shape index (κ1) is 47.2. The van der Waals surface area contributed by atoms with Crippen molar-refractivity contribution in [2.75, 3.05) is 4.90 Å². The van der Waals surface area contributed by atoms with Crippen LogP contribution in [0.1, 0.15) is 87.0 Å². The van der Waals surface area contributed by atoms with Gasteiger partial charge < -0.3 is 4.90 Å². The molecule has 15 rings (SSSR count). The number of allylic oxidation sites excluding steroid dienone is 2. The van der Waals surface area contributed by atoms with E-state index in [0.29, 0.717) is 0 Å². The van der Waals surface area contributed by atoms with Crippen LogP contribution in [0.5, 0.6) is 0 Å². The van der Waals surface area contributed by atoms with Crippen LogP contribution in [0.25, 0.3) is 27.8 Å². The van der Waals surface area contributed by atoms with Gasteiger partial charge in [-0.25, -0.2) is 0 Å². The maximum absolute atomic E-state index is 2.66. The van der Waals surface area contributed by atoms with Crippen LogP contribution in [-0.2, 0) is 16.2 Å². The lowest BCUT2D eigenvalue weighted by atomic mass is 9.66. The van der Waals surface area contributed by atoms with E-state index in [0.717, 1.165) is 17.8 Å². The lowest BCUT2D eigenvalue weighted by molar-refractivity contribution is 0.723. The van der Waals surface area contributed by atoms with Crippen molar-refractivity contribution in [3.63, 3.8) is 0 Å². The summed E-state index contributed by atoms with van der Waals surface area (Å²) in [7, 11) is 0. The largest absolute Gasteiger partial charge is 0.334 e. The van der Waals surface area contributed by atoms with E-state index < -0.39 is 16.2 Å². The Hall–Kier alpha value is -9.30. The molecule has 0 fully saturated rings. The van der Waals surface area contributed by atoms with Crippen molar-refractivity contribution in [2.45, 2.75) is 42.6 Å². The molecule has 0 N–H and O–H groups in total. The molecule has 0 spiro atoms. The Bertz CT molecular complexity index is 3930. The summed E-state index contributed by atoms with van der Waals surface area (Å²) in [5, 5.41) is 0. The molecule has 1 unspecified atom stereocenters. The molecule has 0 radical (unpaired) electrons. The van der Waals surface area contributed by atoms with Crippen molar-refractivity contribution in [2.24, 2.45) is 0 Å². The van der Waals surface area contributed by atoms with E-state index in [9.17, 15) is 0 Å². The molecule has 11 aromatic rings. The molecule has 4 aliphatic rings. The Kier molecular flexibility index (Phi) is 11.5. The molecule has 1 atom stereocenters. The van der Waals surface area contributed by atoms with E-state index in [-0.39, 0.29) is 6.04 Å². The molecule has 0 aromatic heterocycles. The molecule has 0 bridgehead atoms. The molecule has 0 saturated heterocycles. The molecule has 0 saturated carbocycles. The summed E-state index contributed by atoms with van der Waals surface area (Å²) < 4.78 is 0. The molecule has 78 heavy (non-hydrogen) atoms. The molecule has 1 nitrogen and oxygen atoms in total. The van der Waals surface area contributed by atoms with E-state index in [1.165, 1.54) is 100 Å². The van der Waals surface area contributed by atoms with E-state index in [1.54, 1.807) is 0 Å². The molecular formula is C77H59N. The van der Waals surface area contributed by atoms with Gasteiger partial charge in [-0.15, -0.1) is 0 Å². The molecule has 11 aromatic carbocycles. The van der Waals surface area contributed by atoms with Crippen LogP contribution in [-0.4, -0.2) is 6.04 Å². The van der Waals surface area contributed by atoms with Gasteiger partial charge in [-0.2, -0.15) is 0 Å². The van der Waals surface area contributed by atoms with Crippen LogP contribution in [0.2, 0.25) is 0 Å². The smallest absolute Gasteiger partial charge is 0.0714 e.